The van der Waals surface area contributed by atoms with Crippen molar-refractivity contribution in [3.8, 4) is 5.75 Å². The number of carbonyl (C=O) groups excluding carboxylic acids is 1. The predicted octanol–water partition coefficient (Wildman–Crippen LogP) is 4.71. The van der Waals surface area contributed by atoms with Gasteiger partial charge in [-0.1, -0.05) is 41.6 Å². The topological polar surface area (TPSA) is 85.8 Å². The van der Waals surface area contributed by atoms with Gasteiger partial charge in [0.05, 0.1) is 17.0 Å². The van der Waals surface area contributed by atoms with Crippen molar-refractivity contribution in [2.45, 2.75) is 19.9 Å². The van der Waals surface area contributed by atoms with E-state index >= 15 is 0 Å². The molecule has 0 fully saturated rings. The second-order valence-corrected chi connectivity index (χ2v) is 7.72. The average Bonchev–Trinajstić information content (AvgIpc) is 3.34. The molecule has 0 N–H and O–H groups in total. The Hall–Kier alpha value is -4.13. The lowest BCUT2D eigenvalue weighted by Crippen LogP contribution is -2.29. The van der Waals surface area contributed by atoms with Gasteiger partial charge in [-0.05, 0) is 43.7 Å². The third-order valence-corrected chi connectivity index (χ3v) is 5.43. The van der Waals surface area contributed by atoms with Crippen molar-refractivity contribution in [1.29, 1.82) is 0 Å². The second-order valence-electron chi connectivity index (χ2n) is 7.72. The normalized spacial score (nSPS) is 15.2. The summed E-state index contributed by atoms with van der Waals surface area (Å²) in [7, 11) is 0. The van der Waals surface area contributed by atoms with Crippen LogP contribution >= 0.6 is 0 Å². The van der Waals surface area contributed by atoms with E-state index in [1.165, 1.54) is 4.90 Å². The van der Waals surface area contributed by atoms with Gasteiger partial charge in [-0.25, -0.2) is 0 Å². The summed E-state index contributed by atoms with van der Waals surface area (Å²) in [5.74, 6) is 1.01. The molecule has 2 aromatic heterocycles. The molecule has 0 saturated heterocycles. The highest BCUT2D eigenvalue weighted by Crippen LogP contribution is 2.41. The first kappa shape index (κ1) is 19.8. The summed E-state index contributed by atoms with van der Waals surface area (Å²) in [6.45, 7) is 7.64. The minimum absolute atomic E-state index is 0.00872. The molecule has 1 atom stereocenters. The van der Waals surface area contributed by atoms with Crippen LogP contribution in [0, 0.1) is 13.8 Å². The first-order valence-corrected chi connectivity index (χ1v) is 10.2. The van der Waals surface area contributed by atoms with E-state index in [0.717, 1.165) is 5.56 Å². The highest BCUT2D eigenvalue weighted by molar-refractivity contribution is 6.10. The molecule has 2 aromatic carbocycles. The molecular weight excluding hydrogens is 408 g/mol. The van der Waals surface area contributed by atoms with Crippen molar-refractivity contribution in [2.24, 2.45) is 0 Å². The molecule has 1 amide bonds. The van der Waals surface area contributed by atoms with Crippen LogP contribution in [0.5, 0.6) is 5.75 Å². The Bertz CT molecular complexity index is 1430. The summed E-state index contributed by atoms with van der Waals surface area (Å²) in [6.07, 6.45) is 1.65. The zero-order valence-corrected chi connectivity index (χ0v) is 17.6. The number of hydrogen-bond donors (Lipinski definition) is 0. The van der Waals surface area contributed by atoms with Crippen LogP contribution in [0.4, 0.5) is 5.82 Å². The van der Waals surface area contributed by atoms with E-state index in [9.17, 15) is 9.59 Å². The van der Waals surface area contributed by atoms with Gasteiger partial charge in [0, 0.05) is 6.07 Å². The van der Waals surface area contributed by atoms with E-state index in [0.29, 0.717) is 40.5 Å². The lowest BCUT2D eigenvalue weighted by molar-refractivity contribution is 0.0969. The molecule has 1 aliphatic rings. The molecular formula is C25H20N2O5. The van der Waals surface area contributed by atoms with Crippen LogP contribution in [-0.4, -0.2) is 17.7 Å². The van der Waals surface area contributed by atoms with Crippen LogP contribution < -0.4 is 15.1 Å². The number of aryl methyl sites for hydroxylation is 2. The number of amides is 1. The lowest BCUT2D eigenvalue weighted by Gasteiger charge is -2.22. The first-order chi connectivity index (χ1) is 15.5. The van der Waals surface area contributed by atoms with E-state index < -0.39 is 11.9 Å². The van der Waals surface area contributed by atoms with Gasteiger partial charge >= 0.3 is 0 Å². The number of fused-ring (bicyclic) bond motifs is 2. The summed E-state index contributed by atoms with van der Waals surface area (Å²) in [5, 5.41) is 4.46. The fraction of sp³-hybridized carbons (Fsp3) is 0.160. The fourth-order valence-corrected chi connectivity index (χ4v) is 4.03. The number of rotatable bonds is 5. The Morgan fingerprint density at radius 1 is 1.16 bits per heavy atom. The zero-order valence-electron chi connectivity index (χ0n) is 17.6. The molecule has 32 heavy (non-hydrogen) atoms. The molecule has 3 heterocycles. The van der Waals surface area contributed by atoms with E-state index in [1.54, 1.807) is 37.3 Å². The Morgan fingerprint density at radius 3 is 2.75 bits per heavy atom. The third kappa shape index (κ3) is 3.10. The van der Waals surface area contributed by atoms with Gasteiger partial charge in [0.2, 0.25) is 5.76 Å². The van der Waals surface area contributed by atoms with Crippen LogP contribution in [0.15, 0.2) is 74.9 Å². The maximum absolute atomic E-state index is 13.6. The largest absolute Gasteiger partial charge is 0.490 e. The molecule has 0 bridgehead atoms. The van der Waals surface area contributed by atoms with Gasteiger partial charge in [0.15, 0.2) is 11.2 Å². The fourth-order valence-electron chi connectivity index (χ4n) is 4.03. The molecule has 7 heteroatoms. The number of hydrogen-bond acceptors (Lipinski definition) is 6. The number of anilines is 1. The molecule has 0 unspecified atom stereocenters. The van der Waals surface area contributed by atoms with Crippen molar-refractivity contribution in [3.63, 3.8) is 0 Å². The number of ether oxygens (including phenoxy) is 1. The standard InChI is InChI=1S/C25H20N2O5/c1-4-10-30-17-7-5-6-16(13-17)22-21-23(28)18-11-14(2)8-9-19(18)31-24(21)25(29)27(22)20-12-15(3)32-26-20/h4-9,11-13,22H,1,10H2,2-3H3/t22-/m0/s1. The van der Waals surface area contributed by atoms with Crippen LogP contribution in [0.3, 0.4) is 0 Å². The van der Waals surface area contributed by atoms with Crippen molar-refractivity contribution in [3.05, 3.63) is 99.6 Å². The highest BCUT2D eigenvalue weighted by Gasteiger charge is 2.45. The van der Waals surface area contributed by atoms with Crippen molar-refractivity contribution < 1.29 is 18.5 Å². The molecule has 4 aromatic rings. The van der Waals surface area contributed by atoms with Crippen LogP contribution in [0.2, 0.25) is 0 Å². The number of aromatic nitrogens is 1. The van der Waals surface area contributed by atoms with Gasteiger partial charge in [-0.3, -0.25) is 14.5 Å². The van der Waals surface area contributed by atoms with Gasteiger partial charge < -0.3 is 13.7 Å². The molecule has 0 saturated carbocycles. The van der Waals surface area contributed by atoms with Crippen LogP contribution in [0.1, 0.15) is 39.0 Å². The summed E-state index contributed by atoms with van der Waals surface area (Å²) >= 11 is 0. The van der Waals surface area contributed by atoms with E-state index in [4.69, 9.17) is 13.7 Å². The summed E-state index contributed by atoms with van der Waals surface area (Å²) in [4.78, 5) is 28.5. The van der Waals surface area contributed by atoms with Gasteiger partial charge in [0.1, 0.15) is 23.7 Å². The second kappa shape index (κ2) is 7.53. The Morgan fingerprint density at radius 2 is 2.00 bits per heavy atom. The summed E-state index contributed by atoms with van der Waals surface area (Å²) < 4.78 is 16.9. The Kier molecular flexibility index (Phi) is 4.66. The zero-order chi connectivity index (χ0) is 22.4. The molecule has 0 radical (unpaired) electrons. The van der Waals surface area contributed by atoms with Crippen LogP contribution in [0.25, 0.3) is 11.0 Å². The van der Waals surface area contributed by atoms with Gasteiger partial charge in [-0.2, -0.15) is 0 Å². The lowest BCUT2D eigenvalue weighted by atomic mass is 9.98. The quantitative estimate of drug-likeness (QED) is 0.428. The summed E-state index contributed by atoms with van der Waals surface area (Å²) in [6, 6.07) is 13.5. The maximum atomic E-state index is 13.6. The van der Waals surface area contributed by atoms with Crippen LogP contribution in [-0.2, 0) is 0 Å². The first-order valence-electron chi connectivity index (χ1n) is 10.2. The van der Waals surface area contributed by atoms with E-state index in [1.807, 2.05) is 31.2 Å². The molecule has 0 spiro atoms. The third-order valence-electron chi connectivity index (χ3n) is 5.43. The van der Waals surface area contributed by atoms with Crippen molar-refractivity contribution in [1.82, 2.24) is 5.16 Å². The molecule has 160 valence electrons. The summed E-state index contributed by atoms with van der Waals surface area (Å²) in [5.41, 5.74) is 2.01. The number of nitrogens with zero attached hydrogens (tertiary/aromatic N) is 2. The molecule has 0 aliphatic carbocycles. The molecule has 1 aliphatic heterocycles. The van der Waals surface area contributed by atoms with E-state index in [-0.39, 0.29) is 16.8 Å². The predicted molar refractivity (Wildman–Crippen MR) is 119 cm³/mol. The molecule has 7 nitrogen and oxygen atoms in total. The minimum Gasteiger partial charge on any atom is -0.490 e. The van der Waals surface area contributed by atoms with Gasteiger partial charge in [0.25, 0.3) is 5.91 Å². The Labute approximate surface area is 183 Å². The minimum atomic E-state index is -0.740. The number of benzene rings is 2. The number of carbonyl (C=O) groups is 1. The average molecular weight is 428 g/mol. The van der Waals surface area contributed by atoms with Gasteiger partial charge in [-0.15, -0.1) is 0 Å². The maximum Gasteiger partial charge on any atom is 0.296 e. The van der Waals surface area contributed by atoms with Crippen molar-refractivity contribution >= 4 is 22.7 Å². The van der Waals surface area contributed by atoms with E-state index in [2.05, 4.69) is 11.7 Å². The Balaban J connectivity index is 1.77. The van der Waals surface area contributed by atoms with Crippen molar-refractivity contribution in [2.75, 3.05) is 11.5 Å². The smallest absolute Gasteiger partial charge is 0.296 e. The monoisotopic (exact) mass is 428 g/mol. The highest BCUT2D eigenvalue weighted by atomic mass is 16.5. The SMILES string of the molecule is C=CCOc1cccc([C@H]2c3c(oc4ccc(C)cc4c3=O)C(=O)N2c2cc(C)on2)c1. The molecule has 5 rings (SSSR count).